The van der Waals surface area contributed by atoms with Gasteiger partial charge in [0, 0.05) is 17.5 Å². The zero-order valence-electron chi connectivity index (χ0n) is 11.8. The van der Waals surface area contributed by atoms with Crippen molar-refractivity contribution in [2.75, 3.05) is 6.54 Å². The fourth-order valence-corrected chi connectivity index (χ4v) is 2.96. The van der Waals surface area contributed by atoms with Gasteiger partial charge in [-0.25, -0.2) is 0 Å². The lowest BCUT2D eigenvalue weighted by atomic mass is 10.0. The third-order valence-electron chi connectivity index (χ3n) is 3.20. The smallest absolute Gasteiger partial charge is 0.244 e. The van der Waals surface area contributed by atoms with Crippen molar-refractivity contribution in [3.05, 3.63) is 76.8 Å². The van der Waals surface area contributed by atoms with Gasteiger partial charge in [-0.1, -0.05) is 6.07 Å². The topological polar surface area (TPSA) is 55.4 Å². The van der Waals surface area contributed by atoms with Crippen LogP contribution in [-0.2, 0) is 4.79 Å². The summed E-state index contributed by atoms with van der Waals surface area (Å²) in [6.45, 7) is 0.482. The predicted octanol–water partition coefficient (Wildman–Crippen LogP) is 3.90. The summed E-state index contributed by atoms with van der Waals surface area (Å²) in [5, 5.41) is 4.92. The first kappa shape index (κ1) is 14.4. The molecule has 0 saturated carbocycles. The molecule has 1 amide bonds. The van der Waals surface area contributed by atoms with E-state index in [0.29, 0.717) is 12.3 Å². The summed E-state index contributed by atoms with van der Waals surface area (Å²) in [5.41, 5.74) is 0. The number of hydrogen-bond acceptors (Lipinski definition) is 4. The quantitative estimate of drug-likeness (QED) is 0.702. The highest BCUT2D eigenvalue weighted by atomic mass is 32.1. The molecule has 0 spiro atoms. The van der Waals surface area contributed by atoms with Gasteiger partial charge in [0.2, 0.25) is 5.91 Å². The van der Waals surface area contributed by atoms with Gasteiger partial charge in [-0.2, -0.15) is 0 Å². The second-order valence-electron chi connectivity index (χ2n) is 4.68. The minimum atomic E-state index is -0.162. The molecule has 0 aliphatic carbocycles. The zero-order valence-corrected chi connectivity index (χ0v) is 12.6. The van der Waals surface area contributed by atoms with Gasteiger partial charge in [0.25, 0.3) is 0 Å². The summed E-state index contributed by atoms with van der Waals surface area (Å²) in [6, 6.07) is 11.4. The van der Waals surface area contributed by atoms with Crippen molar-refractivity contribution < 1.29 is 13.6 Å². The van der Waals surface area contributed by atoms with Crippen LogP contribution in [0.2, 0.25) is 0 Å². The Labute approximate surface area is 132 Å². The summed E-state index contributed by atoms with van der Waals surface area (Å²) in [5.74, 6) is 1.36. The number of furan rings is 2. The van der Waals surface area contributed by atoms with Gasteiger partial charge in [0.15, 0.2) is 0 Å². The molecule has 112 valence electrons. The van der Waals surface area contributed by atoms with Crippen LogP contribution in [0.3, 0.4) is 0 Å². The molecule has 3 aromatic heterocycles. The normalized spacial score (nSPS) is 12.5. The van der Waals surface area contributed by atoms with Crippen molar-refractivity contribution in [1.82, 2.24) is 5.32 Å². The summed E-state index contributed by atoms with van der Waals surface area (Å²) in [4.78, 5) is 13.1. The van der Waals surface area contributed by atoms with Gasteiger partial charge in [0.05, 0.1) is 18.4 Å². The maximum absolute atomic E-state index is 11.9. The van der Waals surface area contributed by atoms with Crippen LogP contribution < -0.4 is 5.32 Å². The lowest BCUT2D eigenvalue weighted by Gasteiger charge is -2.13. The van der Waals surface area contributed by atoms with Crippen molar-refractivity contribution in [3.63, 3.8) is 0 Å². The zero-order chi connectivity index (χ0) is 15.2. The maximum atomic E-state index is 11.9. The molecule has 1 atom stereocenters. The van der Waals surface area contributed by atoms with Crippen LogP contribution in [-0.4, -0.2) is 12.5 Å². The Balaban J connectivity index is 1.63. The summed E-state index contributed by atoms with van der Waals surface area (Å²) in [6.07, 6.45) is 6.32. The van der Waals surface area contributed by atoms with Crippen molar-refractivity contribution in [1.29, 1.82) is 0 Å². The van der Waals surface area contributed by atoms with Crippen LogP contribution in [0.1, 0.15) is 22.3 Å². The third kappa shape index (κ3) is 3.56. The van der Waals surface area contributed by atoms with E-state index >= 15 is 0 Å². The SMILES string of the molecule is O=C(/C=C/c1ccco1)NC[C@H](c1ccco1)c1cccs1. The lowest BCUT2D eigenvalue weighted by Crippen LogP contribution is -2.26. The van der Waals surface area contributed by atoms with E-state index in [1.165, 1.54) is 6.08 Å². The van der Waals surface area contributed by atoms with Gasteiger partial charge in [-0.15, -0.1) is 11.3 Å². The Morgan fingerprint density at radius 2 is 2.05 bits per heavy atom. The van der Waals surface area contributed by atoms with Crippen LogP contribution >= 0.6 is 11.3 Å². The van der Waals surface area contributed by atoms with Gasteiger partial charge in [-0.05, 0) is 41.8 Å². The monoisotopic (exact) mass is 313 g/mol. The first-order valence-electron chi connectivity index (χ1n) is 6.89. The van der Waals surface area contributed by atoms with Crippen LogP contribution in [0.4, 0.5) is 0 Å². The van der Waals surface area contributed by atoms with E-state index < -0.39 is 0 Å². The van der Waals surface area contributed by atoms with Crippen molar-refractivity contribution in [2.24, 2.45) is 0 Å². The molecule has 3 aromatic rings. The average Bonchev–Trinajstić information content (AvgIpc) is 3.27. The molecule has 0 saturated heterocycles. The highest BCUT2D eigenvalue weighted by Crippen LogP contribution is 2.28. The Kier molecular flexibility index (Phi) is 4.56. The molecule has 0 fully saturated rings. The average molecular weight is 313 g/mol. The molecule has 4 nitrogen and oxygen atoms in total. The van der Waals surface area contributed by atoms with E-state index in [2.05, 4.69) is 5.32 Å². The van der Waals surface area contributed by atoms with Crippen LogP contribution in [0.25, 0.3) is 6.08 Å². The van der Waals surface area contributed by atoms with E-state index in [1.807, 2.05) is 29.6 Å². The molecule has 22 heavy (non-hydrogen) atoms. The lowest BCUT2D eigenvalue weighted by molar-refractivity contribution is -0.116. The van der Waals surface area contributed by atoms with Crippen molar-refractivity contribution in [2.45, 2.75) is 5.92 Å². The Morgan fingerprint density at radius 1 is 1.18 bits per heavy atom. The first-order chi connectivity index (χ1) is 10.8. The molecule has 3 heterocycles. The van der Waals surface area contributed by atoms with Gasteiger partial charge in [-0.3, -0.25) is 4.79 Å². The summed E-state index contributed by atoms with van der Waals surface area (Å²) >= 11 is 1.65. The maximum Gasteiger partial charge on any atom is 0.244 e. The van der Waals surface area contributed by atoms with Crippen molar-refractivity contribution >= 4 is 23.3 Å². The summed E-state index contributed by atoms with van der Waals surface area (Å²) < 4.78 is 10.6. The number of thiophene rings is 1. The molecule has 0 aromatic carbocycles. The predicted molar refractivity (Wildman–Crippen MR) is 85.6 cm³/mol. The van der Waals surface area contributed by atoms with Crippen LogP contribution in [0, 0.1) is 0 Å². The molecule has 0 aliphatic heterocycles. The number of carbonyl (C=O) groups is 1. The van der Waals surface area contributed by atoms with Gasteiger partial charge < -0.3 is 14.2 Å². The second-order valence-corrected chi connectivity index (χ2v) is 5.66. The number of amides is 1. The van der Waals surface area contributed by atoms with Gasteiger partial charge in [0.1, 0.15) is 11.5 Å². The Morgan fingerprint density at radius 3 is 2.73 bits per heavy atom. The fraction of sp³-hybridized carbons (Fsp3) is 0.118. The molecule has 0 aliphatic rings. The van der Waals surface area contributed by atoms with Crippen molar-refractivity contribution in [3.8, 4) is 0 Å². The van der Waals surface area contributed by atoms with E-state index in [0.717, 1.165) is 10.6 Å². The number of nitrogens with one attached hydrogen (secondary N) is 1. The van der Waals surface area contributed by atoms with E-state index in [1.54, 1.807) is 42.1 Å². The van der Waals surface area contributed by atoms with Gasteiger partial charge >= 0.3 is 0 Å². The molecule has 3 rings (SSSR count). The van der Waals surface area contributed by atoms with E-state index in [4.69, 9.17) is 8.83 Å². The minimum absolute atomic E-state index is 0.0240. The number of carbonyl (C=O) groups excluding carboxylic acids is 1. The Bertz CT molecular complexity index is 678. The number of rotatable bonds is 6. The standard InChI is InChI=1S/C17H15NO3S/c19-17(8-7-13-4-1-9-20-13)18-12-14(15-5-2-10-21-15)16-6-3-11-22-16/h1-11,14H,12H2,(H,18,19)/b8-7+/t14-/m1/s1. The molecule has 0 unspecified atom stereocenters. The molecule has 1 N–H and O–H groups in total. The highest BCUT2D eigenvalue weighted by molar-refractivity contribution is 7.10. The van der Waals surface area contributed by atoms with E-state index in [9.17, 15) is 4.79 Å². The number of hydrogen-bond donors (Lipinski definition) is 1. The molecular formula is C17H15NO3S. The molecule has 0 bridgehead atoms. The summed E-state index contributed by atoms with van der Waals surface area (Å²) in [7, 11) is 0. The molecule has 0 radical (unpaired) electrons. The highest BCUT2D eigenvalue weighted by Gasteiger charge is 2.18. The first-order valence-corrected chi connectivity index (χ1v) is 7.77. The Hall–Kier alpha value is -2.53. The minimum Gasteiger partial charge on any atom is -0.469 e. The molecule has 5 heteroatoms. The van der Waals surface area contributed by atoms with Crippen LogP contribution in [0.5, 0.6) is 0 Å². The molecular weight excluding hydrogens is 298 g/mol. The third-order valence-corrected chi connectivity index (χ3v) is 4.18. The van der Waals surface area contributed by atoms with E-state index in [-0.39, 0.29) is 11.8 Å². The van der Waals surface area contributed by atoms with Crippen LogP contribution in [0.15, 0.2) is 69.2 Å². The largest absolute Gasteiger partial charge is 0.469 e. The fourth-order valence-electron chi connectivity index (χ4n) is 2.13. The second kappa shape index (κ2) is 6.95.